The van der Waals surface area contributed by atoms with Gasteiger partial charge >= 0.3 is 0 Å². The van der Waals surface area contributed by atoms with E-state index in [1.54, 1.807) is 18.3 Å². The highest BCUT2D eigenvalue weighted by Gasteiger charge is 2.27. The lowest BCUT2D eigenvalue weighted by molar-refractivity contribution is 0.315. The van der Waals surface area contributed by atoms with Crippen LogP contribution >= 0.6 is 11.6 Å². The lowest BCUT2D eigenvalue weighted by Gasteiger charge is -2.16. The fraction of sp³-hybridized carbons (Fsp3) is 0.500. The molecule has 0 unspecified atom stereocenters. The largest absolute Gasteiger partial charge is 0.476 e. The minimum atomic E-state index is 0.452. The van der Waals surface area contributed by atoms with Gasteiger partial charge in [0.1, 0.15) is 6.61 Å². The van der Waals surface area contributed by atoms with E-state index in [2.05, 4.69) is 9.98 Å². The van der Waals surface area contributed by atoms with E-state index >= 15 is 0 Å². The molecular weight excluding hydrogens is 252 g/mol. The Morgan fingerprint density at radius 2 is 2.39 bits per heavy atom. The molecule has 98 valence electrons. The maximum absolute atomic E-state index is 5.84. The Balaban J connectivity index is 1.71. The lowest BCUT2D eigenvalue weighted by atomic mass is 10.5. The van der Waals surface area contributed by atoms with Gasteiger partial charge in [0.15, 0.2) is 5.96 Å². The fourth-order valence-corrected chi connectivity index (χ4v) is 1.63. The molecule has 0 aromatic carbocycles. The predicted molar refractivity (Wildman–Crippen MR) is 72.0 cm³/mol. The zero-order valence-corrected chi connectivity index (χ0v) is 11.1. The summed E-state index contributed by atoms with van der Waals surface area (Å²) in [6.45, 7) is 0.973. The third kappa shape index (κ3) is 3.77. The first-order chi connectivity index (χ1) is 8.66. The molecule has 0 atom stereocenters. The van der Waals surface area contributed by atoms with Gasteiger partial charge < -0.3 is 15.4 Å². The molecule has 0 bridgehead atoms. The van der Waals surface area contributed by atoms with Crippen LogP contribution in [0.15, 0.2) is 23.3 Å². The molecule has 0 spiro atoms. The third-order valence-corrected chi connectivity index (χ3v) is 2.99. The Morgan fingerprint density at radius 1 is 1.61 bits per heavy atom. The van der Waals surface area contributed by atoms with Crippen molar-refractivity contribution in [2.75, 3.05) is 20.2 Å². The smallest absolute Gasteiger partial charge is 0.213 e. The van der Waals surface area contributed by atoms with Gasteiger partial charge in [0.25, 0.3) is 0 Å². The van der Waals surface area contributed by atoms with Gasteiger partial charge in [0.2, 0.25) is 5.88 Å². The van der Waals surface area contributed by atoms with Crippen molar-refractivity contribution in [3.8, 4) is 5.88 Å². The highest BCUT2D eigenvalue weighted by molar-refractivity contribution is 6.30. The summed E-state index contributed by atoms with van der Waals surface area (Å²) in [6.07, 6.45) is 3.96. The molecule has 5 nitrogen and oxygen atoms in total. The van der Waals surface area contributed by atoms with Crippen molar-refractivity contribution >= 4 is 17.6 Å². The molecule has 1 aromatic heterocycles. The monoisotopic (exact) mass is 268 g/mol. The van der Waals surface area contributed by atoms with Crippen molar-refractivity contribution in [1.82, 2.24) is 9.88 Å². The first kappa shape index (κ1) is 13.0. The second-order valence-electron chi connectivity index (χ2n) is 4.25. The zero-order chi connectivity index (χ0) is 13.0. The fourth-order valence-electron chi connectivity index (χ4n) is 1.52. The Labute approximate surface area is 112 Å². The van der Waals surface area contributed by atoms with E-state index < -0.39 is 0 Å². The summed E-state index contributed by atoms with van der Waals surface area (Å²) >= 11 is 5.72. The minimum absolute atomic E-state index is 0.452. The number of rotatable bonds is 5. The summed E-state index contributed by atoms with van der Waals surface area (Å²) in [7, 11) is 1.97. The van der Waals surface area contributed by atoms with Crippen LogP contribution in [0.25, 0.3) is 0 Å². The highest BCUT2D eigenvalue weighted by Crippen LogP contribution is 2.24. The Hall–Kier alpha value is -1.49. The van der Waals surface area contributed by atoms with Gasteiger partial charge in [0, 0.05) is 25.4 Å². The third-order valence-electron chi connectivity index (χ3n) is 2.77. The van der Waals surface area contributed by atoms with E-state index in [1.165, 1.54) is 12.8 Å². The number of guanidine groups is 1. The van der Waals surface area contributed by atoms with Crippen molar-refractivity contribution in [2.45, 2.75) is 18.9 Å². The van der Waals surface area contributed by atoms with E-state index in [0.29, 0.717) is 36.1 Å². The van der Waals surface area contributed by atoms with E-state index in [1.807, 2.05) is 11.9 Å². The molecule has 1 heterocycles. The normalized spacial score (nSPS) is 15.6. The minimum Gasteiger partial charge on any atom is -0.476 e. The van der Waals surface area contributed by atoms with Crippen LogP contribution in [0.2, 0.25) is 5.02 Å². The van der Waals surface area contributed by atoms with Gasteiger partial charge in [-0.2, -0.15) is 0 Å². The van der Waals surface area contributed by atoms with Crippen molar-refractivity contribution < 1.29 is 4.74 Å². The summed E-state index contributed by atoms with van der Waals surface area (Å²) in [5.41, 5.74) is 5.84. The second kappa shape index (κ2) is 5.91. The summed E-state index contributed by atoms with van der Waals surface area (Å²) in [5.74, 6) is 1.12. The molecule has 18 heavy (non-hydrogen) atoms. The molecule has 1 aliphatic rings. The molecule has 6 heteroatoms. The van der Waals surface area contributed by atoms with Crippen LogP contribution in [0.1, 0.15) is 12.8 Å². The molecule has 2 N–H and O–H groups in total. The first-order valence-electron chi connectivity index (χ1n) is 5.94. The number of ether oxygens (including phenoxy) is 1. The summed E-state index contributed by atoms with van der Waals surface area (Å²) in [4.78, 5) is 10.3. The molecule has 0 aliphatic heterocycles. The maximum atomic E-state index is 5.84. The molecule has 1 fully saturated rings. The zero-order valence-electron chi connectivity index (χ0n) is 10.3. The second-order valence-corrected chi connectivity index (χ2v) is 4.68. The standard InChI is InChI=1S/C12H17ClN4O/c1-17(10-3-4-10)12(14)15-6-7-18-11-5-2-9(13)8-16-11/h2,5,8,10H,3-4,6-7H2,1H3,(H2,14,15). The van der Waals surface area contributed by atoms with Gasteiger partial charge in [-0.25, -0.2) is 9.98 Å². The molecule has 1 aliphatic carbocycles. The number of nitrogens with two attached hydrogens (primary N) is 1. The van der Waals surface area contributed by atoms with Crippen LogP contribution in [0.3, 0.4) is 0 Å². The molecule has 1 aromatic rings. The van der Waals surface area contributed by atoms with E-state index in [4.69, 9.17) is 22.1 Å². The highest BCUT2D eigenvalue weighted by atomic mass is 35.5. The summed E-state index contributed by atoms with van der Waals surface area (Å²) in [5, 5.41) is 0.593. The number of hydrogen-bond donors (Lipinski definition) is 1. The van der Waals surface area contributed by atoms with Crippen LogP contribution < -0.4 is 10.5 Å². The summed E-state index contributed by atoms with van der Waals surface area (Å²) in [6, 6.07) is 4.04. The van der Waals surface area contributed by atoms with Gasteiger partial charge in [0.05, 0.1) is 11.6 Å². The van der Waals surface area contributed by atoms with Crippen LogP contribution in [0, 0.1) is 0 Å². The number of hydrogen-bond acceptors (Lipinski definition) is 3. The number of nitrogens with zero attached hydrogens (tertiary/aromatic N) is 3. The molecule has 0 saturated heterocycles. The van der Waals surface area contributed by atoms with Crippen molar-refractivity contribution in [3.05, 3.63) is 23.4 Å². The predicted octanol–water partition coefficient (Wildman–Crippen LogP) is 1.52. The molecule has 0 radical (unpaired) electrons. The van der Waals surface area contributed by atoms with Gasteiger partial charge in [-0.3, -0.25) is 0 Å². The van der Waals surface area contributed by atoms with E-state index in [-0.39, 0.29) is 0 Å². The molecule has 0 amide bonds. The van der Waals surface area contributed by atoms with E-state index in [9.17, 15) is 0 Å². The van der Waals surface area contributed by atoms with Crippen molar-refractivity contribution in [3.63, 3.8) is 0 Å². The quantitative estimate of drug-likeness (QED) is 0.500. The Bertz CT molecular complexity index is 417. The maximum Gasteiger partial charge on any atom is 0.213 e. The van der Waals surface area contributed by atoms with Crippen LogP contribution in [0.5, 0.6) is 5.88 Å². The van der Waals surface area contributed by atoms with Gasteiger partial charge in [-0.05, 0) is 18.9 Å². The molecule has 1 saturated carbocycles. The topological polar surface area (TPSA) is 63.7 Å². The Morgan fingerprint density at radius 3 is 3.00 bits per heavy atom. The van der Waals surface area contributed by atoms with Crippen molar-refractivity contribution in [1.29, 1.82) is 0 Å². The van der Waals surface area contributed by atoms with Crippen LogP contribution in [-0.2, 0) is 0 Å². The number of pyridine rings is 1. The summed E-state index contributed by atoms with van der Waals surface area (Å²) < 4.78 is 5.42. The van der Waals surface area contributed by atoms with Crippen molar-refractivity contribution in [2.24, 2.45) is 10.7 Å². The van der Waals surface area contributed by atoms with Crippen LogP contribution in [-0.4, -0.2) is 42.1 Å². The number of aromatic nitrogens is 1. The average Bonchev–Trinajstić information content (AvgIpc) is 3.20. The van der Waals surface area contributed by atoms with Crippen LogP contribution in [0.4, 0.5) is 0 Å². The lowest BCUT2D eigenvalue weighted by Crippen LogP contribution is -2.36. The molecule has 2 rings (SSSR count). The molecular formula is C12H17ClN4O. The number of aliphatic imine (C=N–C) groups is 1. The van der Waals surface area contributed by atoms with Gasteiger partial charge in [-0.15, -0.1) is 0 Å². The Kier molecular flexibility index (Phi) is 4.25. The first-order valence-corrected chi connectivity index (χ1v) is 6.31. The average molecular weight is 269 g/mol. The van der Waals surface area contributed by atoms with Gasteiger partial charge in [-0.1, -0.05) is 11.6 Å². The van der Waals surface area contributed by atoms with E-state index in [0.717, 1.165) is 0 Å². The number of halogens is 1. The SMILES string of the molecule is CN(C(N)=NCCOc1ccc(Cl)cn1)C1CC1.